The third-order valence-electron chi connectivity index (χ3n) is 3.02. The van der Waals surface area contributed by atoms with Crippen molar-refractivity contribution in [2.24, 2.45) is 0 Å². The van der Waals surface area contributed by atoms with Gasteiger partial charge in [0.2, 0.25) is 0 Å². The van der Waals surface area contributed by atoms with Gasteiger partial charge in [-0.15, -0.1) is 0 Å². The van der Waals surface area contributed by atoms with Gasteiger partial charge in [0.1, 0.15) is 11.5 Å². The zero-order valence-corrected chi connectivity index (χ0v) is 12.6. The predicted octanol–water partition coefficient (Wildman–Crippen LogP) is 3.67. The minimum atomic E-state index is -4.67. The van der Waals surface area contributed by atoms with Crippen molar-refractivity contribution in [3.05, 3.63) is 53.7 Å². The van der Waals surface area contributed by atoms with Crippen LogP contribution < -0.4 is 0 Å². The van der Waals surface area contributed by atoms with Gasteiger partial charge in [-0.3, -0.25) is 4.98 Å². The Kier molecular flexibility index (Phi) is 5.63. The number of ether oxygens (including phenoxy) is 1. The molecule has 1 unspecified atom stereocenters. The molecule has 0 fully saturated rings. The van der Waals surface area contributed by atoms with E-state index in [2.05, 4.69) is 9.97 Å². The zero-order chi connectivity index (χ0) is 17.7. The Morgan fingerprint density at radius 3 is 2.67 bits per heavy atom. The second-order valence-corrected chi connectivity index (χ2v) is 4.69. The first-order valence-corrected chi connectivity index (χ1v) is 6.99. The van der Waals surface area contributed by atoms with Crippen molar-refractivity contribution >= 4 is 6.08 Å². The van der Waals surface area contributed by atoms with Crippen LogP contribution in [0, 0.1) is 5.82 Å². The van der Waals surface area contributed by atoms with E-state index in [1.54, 1.807) is 6.92 Å². The molecule has 0 radical (unpaired) electrons. The van der Waals surface area contributed by atoms with E-state index in [1.165, 1.54) is 18.3 Å². The second-order valence-electron chi connectivity index (χ2n) is 4.69. The van der Waals surface area contributed by atoms with E-state index in [0.717, 1.165) is 24.4 Å². The van der Waals surface area contributed by atoms with Crippen molar-refractivity contribution in [1.29, 1.82) is 0 Å². The molecule has 0 amide bonds. The summed E-state index contributed by atoms with van der Waals surface area (Å²) in [4.78, 5) is 7.24. The lowest BCUT2D eigenvalue weighted by Crippen LogP contribution is -2.10. The van der Waals surface area contributed by atoms with Gasteiger partial charge in [0, 0.05) is 24.6 Å². The smallest absolute Gasteiger partial charge is 0.365 e. The summed E-state index contributed by atoms with van der Waals surface area (Å²) in [5.74, 6) is -0.753. The molecule has 0 aliphatic heterocycles. The van der Waals surface area contributed by atoms with Gasteiger partial charge in [-0.25, -0.2) is 9.37 Å². The molecule has 2 rings (SSSR count). The molecule has 0 aliphatic carbocycles. The summed E-state index contributed by atoms with van der Waals surface area (Å²) in [6, 6.07) is 2.96. The Hall–Kier alpha value is -2.32. The molecular weight excluding hydrogens is 328 g/mol. The Bertz CT molecular complexity index is 732. The summed E-state index contributed by atoms with van der Waals surface area (Å²) in [5, 5.41) is 9.51. The topological polar surface area (TPSA) is 55.2 Å². The molecular formula is C16H14F4N2O2. The van der Waals surface area contributed by atoms with Crippen LogP contribution >= 0.6 is 0 Å². The van der Waals surface area contributed by atoms with Crippen LogP contribution in [-0.2, 0) is 10.9 Å². The van der Waals surface area contributed by atoms with Crippen LogP contribution in [0.4, 0.5) is 17.6 Å². The molecule has 4 nitrogen and oxygen atoms in total. The number of aliphatic hydroxyl groups excluding tert-OH is 1. The van der Waals surface area contributed by atoms with E-state index in [-0.39, 0.29) is 23.4 Å². The van der Waals surface area contributed by atoms with Crippen LogP contribution in [0.2, 0.25) is 0 Å². The molecule has 0 aliphatic rings. The number of hydrogen-bond donors (Lipinski definition) is 1. The van der Waals surface area contributed by atoms with Crippen molar-refractivity contribution in [1.82, 2.24) is 9.97 Å². The summed E-state index contributed by atoms with van der Waals surface area (Å²) in [6.07, 6.45) is -1.08. The Morgan fingerprint density at radius 2 is 2.04 bits per heavy atom. The first kappa shape index (κ1) is 18.0. The van der Waals surface area contributed by atoms with Gasteiger partial charge in [0.05, 0.1) is 11.3 Å². The van der Waals surface area contributed by atoms with Crippen LogP contribution in [0.25, 0.3) is 17.3 Å². The van der Waals surface area contributed by atoms with Crippen LogP contribution in [0.15, 0.2) is 36.7 Å². The Morgan fingerprint density at radius 1 is 1.29 bits per heavy atom. The molecule has 8 heteroatoms. The lowest BCUT2D eigenvalue weighted by molar-refractivity contribution is -0.141. The number of rotatable bonds is 5. The van der Waals surface area contributed by atoms with Crippen molar-refractivity contribution in [3.63, 3.8) is 0 Å². The lowest BCUT2D eigenvalue weighted by Gasteiger charge is -2.12. The fourth-order valence-corrected chi connectivity index (χ4v) is 1.94. The zero-order valence-electron chi connectivity index (χ0n) is 12.6. The molecule has 2 aromatic rings. The molecule has 2 heterocycles. The number of nitrogens with zero attached hydrogens (tertiary/aromatic N) is 2. The maximum atomic E-state index is 13.9. The summed E-state index contributed by atoms with van der Waals surface area (Å²) in [6.45, 7) is 1.92. The highest BCUT2D eigenvalue weighted by molar-refractivity contribution is 5.72. The number of aromatic nitrogens is 2. The quantitative estimate of drug-likeness (QED) is 0.665. The highest BCUT2D eigenvalue weighted by atomic mass is 19.4. The first-order chi connectivity index (χ1) is 11.3. The minimum absolute atomic E-state index is 0.172. The number of halogens is 4. The van der Waals surface area contributed by atoms with Gasteiger partial charge >= 0.3 is 6.18 Å². The summed E-state index contributed by atoms with van der Waals surface area (Å²) in [5.41, 5.74) is -1.36. The summed E-state index contributed by atoms with van der Waals surface area (Å²) >= 11 is 0. The molecule has 0 spiro atoms. The van der Waals surface area contributed by atoms with E-state index in [4.69, 9.17) is 4.74 Å². The Balaban J connectivity index is 2.53. The largest absolute Gasteiger partial charge is 0.433 e. The van der Waals surface area contributed by atoms with E-state index in [0.29, 0.717) is 0 Å². The molecule has 0 saturated carbocycles. The van der Waals surface area contributed by atoms with Gasteiger partial charge in [-0.2, -0.15) is 13.2 Å². The van der Waals surface area contributed by atoms with Crippen molar-refractivity contribution < 1.29 is 27.4 Å². The third-order valence-corrected chi connectivity index (χ3v) is 3.02. The maximum absolute atomic E-state index is 13.9. The lowest BCUT2D eigenvalue weighted by atomic mass is 10.1. The van der Waals surface area contributed by atoms with E-state index < -0.39 is 24.0 Å². The van der Waals surface area contributed by atoms with E-state index in [9.17, 15) is 22.7 Å². The molecule has 1 atom stereocenters. The average molecular weight is 342 g/mol. The van der Waals surface area contributed by atoms with E-state index in [1.807, 2.05) is 0 Å². The molecule has 0 saturated heterocycles. The van der Waals surface area contributed by atoms with Gasteiger partial charge < -0.3 is 9.84 Å². The van der Waals surface area contributed by atoms with Gasteiger partial charge in [-0.1, -0.05) is 12.1 Å². The van der Waals surface area contributed by atoms with Gasteiger partial charge in [-0.05, 0) is 25.1 Å². The van der Waals surface area contributed by atoms with Crippen molar-refractivity contribution in [3.8, 4) is 11.3 Å². The van der Waals surface area contributed by atoms with Crippen molar-refractivity contribution in [2.45, 2.75) is 19.4 Å². The van der Waals surface area contributed by atoms with Crippen LogP contribution in [-0.4, -0.2) is 28.0 Å². The average Bonchev–Trinajstić information content (AvgIpc) is 2.53. The van der Waals surface area contributed by atoms with Gasteiger partial charge in [0.15, 0.2) is 6.29 Å². The number of hydrogen-bond acceptors (Lipinski definition) is 4. The number of aliphatic hydroxyl groups is 1. The summed E-state index contributed by atoms with van der Waals surface area (Å²) < 4.78 is 57.5. The molecule has 0 aromatic carbocycles. The standard InChI is InChI=1S/C16H14F4N2O2/c1-2-24-14(23)6-4-10-3-5-13(16(18,19)20)22-15(10)11-9-21-8-7-12(11)17/h3-9,14,23H,2H2,1H3/b6-4+. The highest BCUT2D eigenvalue weighted by Crippen LogP contribution is 2.32. The normalized spacial score (nSPS) is 13.4. The molecule has 24 heavy (non-hydrogen) atoms. The van der Waals surface area contributed by atoms with E-state index >= 15 is 0 Å². The highest BCUT2D eigenvalue weighted by Gasteiger charge is 2.33. The SMILES string of the molecule is CCOC(O)/C=C/c1ccc(C(F)(F)F)nc1-c1cnccc1F. The third kappa shape index (κ3) is 4.36. The van der Waals surface area contributed by atoms with Gasteiger partial charge in [0.25, 0.3) is 0 Å². The molecule has 1 N–H and O–H groups in total. The minimum Gasteiger partial charge on any atom is -0.365 e. The first-order valence-electron chi connectivity index (χ1n) is 6.99. The monoisotopic (exact) mass is 342 g/mol. The number of alkyl halides is 3. The van der Waals surface area contributed by atoms with Crippen molar-refractivity contribution in [2.75, 3.05) is 6.61 Å². The fourth-order valence-electron chi connectivity index (χ4n) is 1.94. The fraction of sp³-hybridized carbons (Fsp3) is 0.250. The summed E-state index contributed by atoms with van der Waals surface area (Å²) in [7, 11) is 0. The number of pyridine rings is 2. The molecule has 2 aromatic heterocycles. The predicted molar refractivity (Wildman–Crippen MR) is 79.1 cm³/mol. The van der Waals surface area contributed by atoms with Crippen LogP contribution in [0.3, 0.4) is 0 Å². The molecule has 0 bridgehead atoms. The second kappa shape index (κ2) is 7.50. The molecule has 128 valence electrons. The maximum Gasteiger partial charge on any atom is 0.433 e. The van der Waals surface area contributed by atoms with Crippen LogP contribution in [0.1, 0.15) is 18.2 Å². The Labute approximate surface area is 135 Å². The van der Waals surface area contributed by atoms with Crippen LogP contribution in [0.5, 0.6) is 0 Å².